The Morgan fingerprint density at radius 1 is 1.27 bits per heavy atom. The van der Waals surface area contributed by atoms with Crippen molar-refractivity contribution in [3.05, 3.63) is 67.5 Å². The monoisotopic (exact) mass is 516 g/mol. The minimum Gasteiger partial charge on any atom is -0.445 e. The Kier molecular flexibility index (Phi) is 7.72. The van der Waals surface area contributed by atoms with Crippen LogP contribution < -0.4 is 10.9 Å². The molecule has 7 heteroatoms. The molecule has 3 N–H and O–H groups in total. The van der Waals surface area contributed by atoms with E-state index in [0.29, 0.717) is 25.7 Å². The highest BCUT2D eigenvalue weighted by Gasteiger charge is 2.40. The molecule has 1 aliphatic carbocycles. The quantitative estimate of drug-likeness (QED) is 0.547. The zero-order valence-electron chi connectivity index (χ0n) is 19.6. The summed E-state index contributed by atoms with van der Waals surface area (Å²) in [7, 11) is 1.75. The Bertz CT molecular complexity index is 1060. The SMILES string of the molecule is Cc1c(Br)cc(CN(C(=O)[C@H]2CNCC[C@@H]2c2ccn(C)c(=O)c2)C2CC2)cc1CCC[OH2+]. The smallest absolute Gasteiger partial charge is 0.250 e. The molecule has 2 heterocycles. The van der Waals surface area contributed by atoms with Crippen LogP contribution in [-0.4, -0.2) is 46.2 Å². The number of aryl methyl sites for hydroxylation is 2. The molecule has 1 aromatic heterocycles. The molecule has 2 aliphatic rings. The van der Waals surface area contributed by atoms with Crippen LogP contribution in [0, 0.1) is 12.8 Å². The first-order chi connectivity index (χ1) is 15.9. The van der Waals surface area contributed by atoms with E-state index in [2.05, 4.69) is 45.2 Å². The van der Waals surface area contributed by atoms with Crippen molar-refractivity contribution in [1.29, 1.82) is 0 Å². The third kappa shape index (κ3) is 5.58. The summed E-state index contributed by atoms with van der Waals surface area (Å²) >= 11 is 3.71. The maximum absolute atomic E-state index is 13.9. The summed E-state index contributed by atoms with van der Waals surface area (Å²) in [6.07, 6.45) is 6.50. The molecule has 2 fully saturated rings. The van der Waals surface area contributed by atoms with E-state index >= 15 is 0 Å². The number of halogens is 1. The second-order valence-electron chi connectivity index (χ2n) is 9.53. The number of nitrogens with one attached hydrogen (secondary N) is 1. The molecule has 2 aromatic rings. The molecule has 1 saturated heterocycles. The molecule has 0 spiro atoms. The molecule has 1 aromatic carbocycles. The minimum absolute atomic E-state index is 0.0269. The van der Waals surface area contributed by atoms with E-state index in [1.807, 2.05) is 12.3 Å². The number of rotatable bonds is 8. The molecule has 6 nitrogen and oxygen atoms in total. The molecule has 0 unspecified atom stereocenters. The van der Waals surface area contributed by atoms with Crippen LogP contribution in [0.4, 0.5) is 0 Å². The van der Waals surface area contributed by atoms with Crippen molar-refractivity contribution in [1.82, 2.24) is 14.8 Å². The topological polar surface area (TPSA) is 77.2 Å². The second-order valence-corrected chi connectivity index (χ2v) is 10.4. The van der Waals surface area contributed by atoms with Crippen LogP contribution in [0.3, 0.4) is 0 Å². The first-order valence-electron chi connectivity index (χ1n) is 12.0. The average Bonchev–Trinajstić information content (AvgIpc) is 3.65. The van der Waals surface area contributed by atoms with Gasteiger partial charge in [-0.3, -0.25) is 9.59 Å². The number of aromatic nitrogens is 1. The molecular weight excluding hydrogens is 482 g/mol. The van der Waals surface area contributed by atoms with Crippen LogP contribution in [0.25, 0.3) is 0 Å². The molecule has 4 rings (SSSR count). The summed E-state index contributed by atoms with van der Waals surface area (Å²) in [6.45, 7) is 4.65. The number of carbonyl (C=O) groups excluding carboxylic acids is 1. The third-order valence-electron chi connectivity index (χ3n) is 7.11. The molecule has 0 radical (unpaired) electrons. The Morgan fingerprint density at radius 2 is 2.06 bits per heavy atom. The predicted octanol–water partition coefficient (Wildman–Crippen LogP) is 3.00. The second kappa shape index (κ2) is 10.5. The van der Waals surface area contributed by atoms with Crippen LogP contribution in [-0.2, 0) is 24.8 Å². The summed E-state index contributed by atoms with van der Waals surface area (Å²) in [5, 5.41) is 10.9. The fourth-order valence-electron chi connectivity index (χ4n) is 4.92. The lowest BCUT2D eigenvalue weighted by molar-refractivity contribution is -0.138. The van der Waals surface area contributed by atoms with Crippen LogP contribution in [0.1, 0.15) is 53.9 Å². The number of amides is 1. The Hall–Kier alpha value is -1.96. The highest BCUT2D eigenvalue weighted by atomic mass is 79.9. The lowest BCUT2D eigenvalue weighted by Gasteiger charge is -2.36. The predicted molar refractivity (Wildman–Crippen MR) is 135 cm³/mol. The average molecular weight is 517 g/mol. The molecule has 33 heavy (non-hydrogen) atoms. The van der Waals surface area contributed by atoms with Gasteiger partial charge in [0.2, 0.25) is 5.91 Å². The highest BCUT2D eigenvalue weighted by Crippen LogP contribution is 2.36. The van der Waals surface area contributed by atoms with Crippen LogP contribution in [0.15, 0.2) is 39.7 Å². The number of piperidine rings is 1. The van der Waals surface area contributed by atoms with Gasteiger partial charge in [0, 0.05) is 49.3 Å². The van der Waals surface area contributed by atoms with E-state index in [1.165, 1.54) is 11.1 Å². The van der Waals surface area contributed by atoms with Crippen molar-refractivity contribution in [3.8, 4) is 0 Å². The van der Waals surface area contributed by atoms with Gasteiger partial charge in [0.05, 0.1) is 5.92 Å². The number of pyridine rings is 1. The van der Waals surface area contributed by atoms with Crippen molar-refractivity contribution < 1.29 is 9.90 Å². The maximum Gasteiger partial charge on any atom is 0.250 e. The van der Waals surface area contributed by atoms with E-state index in [-0.39, 0.29) is 23.3 Å². The lowest BCUT2D eigenvalue weighted by atomic mass is 9.80. The lowest BCUT2D eigenvalue weighted by Crippen LogP contribution is -2.47. The number of benzene rings is 1. The van der Waals surface area contributed by atoms with E-state index in [0.717, 1.165) is 54.2 Å². The minimum atomic E-state index is -0.164. The van der Waals surface area contributed by atoms with Crippen molar-refractivity contribution in [3.63, 3.8) is 0 Å². The van der Waals surface area contributed by atoms with Crippen molar-refractivity contribution in [2.45, 2.75) is 57.5 Å². The number of hydrogen-bond donors (Lipinski definition) is 1. The van der Waals surface area contributed by atoms with Gasteiger partial charge in [0.1, 0.15) is 6.61 Å². The first-order valence-corrected chi connectivity index (χ1v) is 12.8. The Morgan fingerprint density at radius 3 is 2.76 bits per heavy atom. The van der Waals surface area contributed by atoms with Crippen molar-refractivity contribution in [2.24, 2.45) is 13.0 Å². The fourth-order valence-corrected chi connectivity index (χ4v) is 5.47. The van der Waals surface area contributed by atoms with Gasteiger partial charge < -0.3 is 19.9 Å². The third-order valence-corrected chi connectivity index (χ3v) is 7.94. The first kappa shape index (κ1) is 24.2. The van der Waals surface area contributed by atoms with E-state index in [9.17, 15) is 9.59 Å². The number of nitrogens with zero attached hydrogens (tertiary/aromatic N) is 2. The summed E-state index contributed by atoms with van der Waals surface area (Å²) in [6, 6.07) is 8.36. The van der Waals surface area contributed by atoms with Crippen molar-refractivity contribution >= 4 is 21.8 Å². The molecule has 1 amide bonds. The molecule has 178 valence electrons. The van der Waals surface area contributed by atoms with Gasteiger partial charge in [0.25, 0.3) is 5.56 Å². The molecule has 0 bridgehead atoms. The van der Waals surface area contributed by atoms with E-state index < -0.39 is 0 Å². The fraction of sp³-hybridized carbons (Fsp3) is 0.538. The maximum atomic E-state index is 13.9. The van der Waals surface area contributed by atoms with Gasteiger partial charge in [-0.15, -0.1) is 0 Å². The van der Waals surface area contributed by atoms with Gasteiger partial charge in [-0.25, -0.2) is 0 Å². The summed E-state index contributed by atoms with van der Waals surface area (Å²) < 4.78 is 2.64. The van der Waals surface area contributed by atoms with Crippen LogP contribution in [0.2, 0.25) is 0 Å². The number of carbonyl (C=O) groups is 1. The molecule has 1 saturated carbocycles. The number of hydrogen-bond acceptors (Lipinski definition) is 3. The molecular formula is C26H35BrN3O3+. The summed E-state index contributed by atoms with van der Waals surface area (Å²) in [5.74, 6) is 0.0918. The Labute approximate surface area is 204 Å². The van der Waals surface area contributed by atoms with E-state index in [4.69, 9.17) is 5.11 Å². The van der Waals surface area contributed by atoms with Gasteiger partial charge in [-0.05, 0) is 79.5 Å². The van der Waals surface area contributed by atoms with E-state index in [1.54, 1.807) is 17.7 Å². The molecule has 2 atom stereocenters. The van der Waals surface area contributed by atoms with Gasteiger partial charge in [-0.1, -0.05) is 22.0 Å². The van der Waals surface area contributed by atoms with Crippen molar-refractivity contribution in [2.75, 3.05) is 19.7 Å². The summed E-state index contributed by atoms with van der Waals surface area (Å²) in [5.41, 5.74) is 4.57. The van der Waals surface area contributed by atoms with Gasteiger partial charge >= 0.3 is 0 Å². The normalized spacial score (nSPS) is 20.6. The zero-order valence-corrected chi connectivity index (χ0v) is 21.2. The highest BCUT2D eigenvalue weighted by molar-refractivity contribution is 9.10. The van der Waals surface area contributed by atoms with Crippen LogP contribution >= 0.6 is 15.9 Å². The zero-order chi connectivity index (χ0) is 23.5. The largest absolute Gasteiger partial charge is 0.445 e. The van der Waals surface area contributed by atoms with Gasteiger partial charge in [0.15, 0.2) is 0 Å². The van der Waals surface area contributed by atoms with Crippen LogP contribution in [0.5, 0.6) is 0 Å². The Balaban J connectivity index is 1.58. The summed E-state index contributed by atoms with van der Waals surface area (Å²) in [4.78, 5) is 28.2. The molecule has 1 aliphatic heterocycles. The van der Waals surface area contributed by atoms with Gasteiger partial charge in [-0.2, -0.15) is 0 Å². The standard InChI is InChI=1S/C26H34BrN3O3/c1-17-19(4-3-11-31)12-18(13-24(17)27)16-30(21-5-6-21)26(33)23-15-28-9-7-22(23)20-8-10-29(2)25(32)14-20/h8,10,12-14,21-23,28,31H,3-7,9,11,15-16H2,1-2H3/p+1/t22-,23+/m1/s1.